The Morgan fingerprint density at radius 2 is 1.05 bits per heavy atom. The predicted octanol–water partition coefficient (Wildman–Crippen LogP) is 8.57. The lowest BCUT2D eigenvalue weighted by atomic mass is 10.1. The highest BCUT2D eigenvalue weighted by Crippen LogP contribution is 2.09. The van der Waals surface area contributed by atoms with Crippen LogP contribution in [-0.2, 0) is 19.1 Å². The normalized spacial score (nSPS) is 11.7. The zero-order valence-electron chi connectivity index (χ0n) is 24.7. The van der Waals surface area contributed by atoms with Gasteiger partial charge in [-0.2, -0.15) is 0 Å². The fraction of sp³-hybridized carbons (Fsp3) is 0.812. The highest BCUT2D eigenvalue weighted by molar-refractivity contribution is 5.69. The topological polar surface area (TPSA) is 55.8 Å². The maximum absolute atomic E-state index is 11.9. The van der Waals surface area contributed by atoms with Crippen molar-refractivity contribution in [2.45, 2.75) is 136 Å². The average molecular weight is 522 g/mol. The summed E-state index contributed by atoms with van der Waals surface area (Å²) in [5.74, 6) is -0.224. The zero-order chi connectivity index (χ0) is 27.2. The second-order valence-electron chi connectivity index (χ2n) is 10.1. The Morgan fingerprint density at radius 3 is 1.62 bits per heavy atom. The van der Waals surface area contributed by atoms with Crippen LogP contribution in [0.4, 0.5) is 0 Å². The molecule has 0 aliphatic carbocycles. The lowest BCUT2D eigenvalue weighted by Gasteiger charge is -2.20. The van der Waals surface area contributed by atoms with Gasteiger partial charge in [0.25, 0.3) is 0 Å². The van der Waals surface area contributed by atoms with E-state index in [-0.39, 0.29) is 11.9 Å². The van der Waals surface area contributed by atoms with E-state index in [0.29, 0.717) is 26.1 Å². The number of allylic oxidation sites excluding steroid dienone is 4. The summed E-state index contributed by atoms with van der Waals surface area (Å²) in [5, 5.41) is 0. The molecule has 0 unspecified atom stereocenters. The molecule has 0 saturated heterocycles. The predicted molar refractivity (Wildman–Crippen MR) is 157 cm³/mol. The molecular weight excluding hydrogens is 462 g/mol. The maximum atomic E-state index is 11.9. The van der Waals surface area contributed by atoms with E-state index in [4.69, 9.17) is 9.47 Å². The fourth-order valence-electron chi connectivity index (χ4n) is 4.22. The fourth-order valence-corrected chi connectivity index (χ4v) is 4.22. The third-order valence-electron chi connectivity index (χ3n) is 6.33. The van der Waals surface area contributed by atoms with Gasteiger partial charge in [0.05, 0.1) is 13.2 Å². The van der Waals surface area contributed by atoms with Crippen LogP contribution in [0.15, 0.2) is 24.3 Å². The van der Waals surface area contributed by atoms with Crippen molar-refractivity contribution in [1.82, 2.24) is 4.90 Å². The Hall–Kier alpha value is -1.62. The first kappa shape index (κ1) is 35.4. The molecule has 0 aromatic rings. The lowest BCUT2D eigenvalue weighted by Crippen LogP contribution is -2.27. The van der Waals surface area contributed by atoms with Gasteiger partial charge in [-0.3, -0.25) is 9.59 Å². The molecule has 216 valence electrons. The minimum Gasteiger partial charge on any atom is -0.466 e. The molecule has 0 aliphatic rings. The second kappa shape index (κ2) is 28.9. The smallest absolute Gasteiger partial charge is 0.305 e. The first-order valence-corrected chi connectivity index (χ1v) is 15.5. The van der Waals surface area contributed by atoms with Crippen molar-refractivity contribution in [1.29, 1.82) is 0 Å². The molecular formula is C32H59NO4. The summed E-state index contributed by atoms with van der Waals surface area (Å²) >= 11 is 0. The van der Waals surface area contributed by atoms with Gasteiger partial charge >= 0.3 is 11.9 Å². The quantitative estimate of drug-likeness (QED) is 0.0615. The van der Waals surface area contributed by atoms with Crippen molar-refractivity contribution in [2.75, 3.05) is 32.8 Å². The van der Waals surface area contributed by atoms with Gasteiger partial charge in [-0.05, 0) is 90.3 Å². The third-order valence-corrected chi connectivity index (χ3v) is 6.33. The number of rotatable bonds is 27. The highest BCUT2D eigenvalue weighted by atomic mass is 16.5. The summed E-state index contributed by atoms with van der Waals surface area (Å²) in [4.78, 5) is 26.1. The van der Waals surface area contributed by atoms with E-state index < -0.39 is 0 Å². The van der Waals surface area contributed by atoms with Gasteiger partial charge in [-0.1, -0.05) is 77.2 Å². The van der Waals surface area contributed by atoms with Crippen LogP contribution in [0.2, 0.25) is 0 Å². The highest BCUT2D eigenvalue weighted by Gasteiger charge is 2.07. The molecule has 0 amide bonds. The summed E-state index contributed by atoms with van der Waals surface area (Å²) < 4.78 is 10.6. The molecule has 37 heavy (non-hydrogen) atoms. The van der Waals surface area contributed by atoms with Crippen LogP contribution < -0.4 is 0 Å². The Bertz CT molecular complexity index is 567. The van der Waals surface area contributed by atoms with Crippen LogP contribution in [-0.4, -0.2) is 49.7 Å². The molecule has 0 aromatic carbocycles. The zero-order valence-corrected chi connectivity index (χ0v) is 24.7. The van der Waals surface area contributed by atoms with Crippen LogP contribution in [0.25, 0.3) is 0 Å². The minimum absolute atomic E-state index is 0.105. The first-order chi connectivity index (χ1) is 18.1. The second-order valence-corrected chi connectivity index (χ2v) is 10.1. The molecule has 0 radical (unpaired) electrons. The van der Waals surface area contributed by atoms with E-state index in [1.807, 2.05) is 0 Å². The molecule has 0 fully saturated rings. The van der Waals surface area contributed by atoms with Gasteiger partial charge in [0.2, 0.25) is 0 Å². The van der Waals surface area contributed by atoms with Crippen LogP contribution in [0.3, 0.4) is 0 Å². The molecule has 0 bridgehead atoms. The summed E-state index contributed by atoms with van der Waals surface area (Å²) in [6.45, 7) is 10.6. The number of nitrogens with zero attached hydrogens (tertiary/aromatic N) is 1. The molecule has 0 N–H and O–H groups in total. The van der Waals surface area contributed by atoms with E-state index in [0.717, 1.165) is 77.4 Å². The number of esters is 2. The van der Waals surface area contributed by atoms with Crippen molar-refractivity contribution in [3.8, 4) is 0 Å². The van der Waals surface area contributed by atoms with E-state index in [2.05, 4.69) is 50.0 Å². The van der Waals surface area contributed by atoms with E-state index in [1.54, 1.807) is 0 Å². The van der Waals surface area contributed by atoms with E-state index in [9.17, 15) is 9.59 Å². The number of carbonyl (C=O) groups excluding carboxylic acids is 2. The number of carbonyl (C=O) groups is 2. The molecule has 0 heterocycles. The number of hydrogen-bond acceptors (Lipinski definition) is 5. The molecule has 5 heteroatoms. The summed E-state index contributed by atoms with van der Waals surface area (Å²) in [5.41, 5.74) is 0. The van der Waals surface area contributed by atoms with Gasteiger partial charge < -0.3 is 14.4 Å². The Morgan fingerprint density at radius 1 is 0.541 bits per heavy atom. The van der Waals surface area contributed by atoms with Crippen LogP contribution in [0.1, 0.15) is 136 Å². The molecule has 0 aliphatic heterocycles. The summed E-state index contributed by atoms with van der Waals surface area (Å²) in [7, 11) is 0. The van der Waals surface area contributed by atoms with Crippen LogP contribution in [0, 0.1) is 0 Å². The summed E-state index contributed by atoms with van der Waals surface area (Å²) in [6.07, 6.45) is 27.7. The monoisotopic (exact) mass is 521 g/mol. The third kappa shape index (κ3) is 27.2. The van der Waals surface area contributed by atoms with Crippen molar-refractivity contribution in [3.05, 3.63) is 24.3 Å². The van der Waals surface area contributed by atoms with Gasteiger partial charge in [0.1, 0.15) is 0 Å². The first-order valence-electron chi connectivity index (χ1n) is 15.5. The molecule has 0 saturated carbocycles. The molecule has 0 atom stereocenters. The van der Waals surface area contributed by atoms with Crippen LogP contribution in [0.5, 0.6) is 0 Å². The standard InChI is InChI=1S/C32H59NO4/c1-4-7-8-9-10-11-12-13-14-15-16-17-18-19-20-24-31(34)36-29-21-22-30-37-32(35)25-23-28-33(26-5-2)27-6-3/h10-11,13-14H,4-9,12,15-30H2,1-3H3/b11-10-,14-13-. The maximum Gasteiger partial charge on any atom is 0.305 e. The number of hydrogen-bond donors (Lipinski definition) is 0. The molecule has 0 spiro atoms. The number of unbranched alkanes of at least 4 members (excludes halogenated alkanes) is 9. The Kier molecular flexibility index (Phi) is 27.7. The van der Waals surface area contributed by atoms with E-state index >= 15 is 0 Å². The summed E-state index contributed by atoms with van der Waals surface area (Å²) in [6, 6.07) is 0. The SMILES string of the molecule is CCCCC/C=C\C/C=C\CCCCCCCC(=O)OCCCCOC(=O)CCCN(CCC)CCC. The lowest BCUT2D eigenvalue weighted by molar-refractivity contribution is -0.146. The molecule has 0 aromatic heterocycles. The van der Waals surface area contributed by atoms with Crippen molar-refractivity contribution < 1.29 is 19.1 Å². The Labute approximate surface area is 229 Å². The van der Waals surface area contributed by atoms with Gasteiger partial charge in [-0.25, -0.2) is 0 Å². The molecule has 0 rings (SSSR count). The van der Waals surface area contributed by atoms with E-state index in [1.165, 1.54) is 44.9 Å². The largest absolute Gasteiger partial charge is 0.466 e. The van der Waals surface area contributed by atoms with Crippen molar-refractivity contribution >= 4 is 11.9 Å². The van der Waals surface area contributed by atoms with Crippen LogP contribution >= 0.6 is 0 Å². The average Bonchev–Trinajstić information content (AvgIpc) is 2.88. The number of ether oxygens (including phenoxy) is 2. The van der Waals surface area contributed by atoms with Gasteiger partial charge in [0, 0.05) is 12.8 Å². The van der Waals surface area contributed by atoms with Crippen molar-refractivity contribution in [3.63, 3.8) is 0 Å². The van der Waals surface area contributed by atoms with Gasteiger partial charge in [0.15, 0.2) is 0 Å². The minimum atomic E-state index is -0.119. The molecule has 5 nitrogen and oxygen atoms in total. The Balaban J connectivity index is 3.45. The van der Waals surface area contributed by atoms with Gasteiger partial charge in [-0.15, -0.1) is 0 Å². The van der Waals surface area contributed by atoms with Crippen molar-refractivity contribution in [2.24, 2.45) is 0 Å².